The summed E-state index contributed by atoms with van der Waals surface area (Å²) in [5.41, 5.74) is 0.776. The molecule has 0 saturated heterocycles. The first kappa shape index (κ1) is 13.8. The molecule has 1 aromatic carbocycles. The van der Waals surface area contributed by atoms with Gasteiger partial charge in [0.1, 0.15) is 0 Å². The van der Waals surface area contributed by atoms with Crippen molar-refractivity contribution in [2.75, 3.05) is 12.4 Å². The highest BCUT2D eigenvalue weighted by atomic mass is 35.5. The van der Waals surface area contributed by atoms with Crippen LogP contribution in [0.5, 0.6) is 0 Å². The summed E-state index contributed by atoms with van der Waals surface area (Å²) < 4.78 is 5.36. The number of nitrogens with zero attached hydrogens (tertiary/aromatic N) is 1. The molecule has 1 amide bonds. The van der Waals surface area contributed by atoms with Crippen molar-refractivity contribution in [1.82, 2.24) is 4.98 Å². The average Bonchev–Trinajstić information content (AvgIpc) is 2.77. The van der Waals surface area contributed by atoms with Crippen LogP contribution in [0.15, 0.2) is 18.2 Å². The summed E-state index contributed by atoms with van der Waals surface area (Å²) >= 11 is 7.21. The van der Waals surface area contributed by atoms with Crippen LogP contribution in [0.25, 0.3) is 10.2 Å². The zero-order chi connectivity index (χ0) is 13.8. The van der Waals surface area contributed by atoms with E-state index in [0.29, 0.717) is 10.2 Å². The maximum atomic E-state index is 11.6. The van der Waals surface area contributed by atoms with E-state index in [1.165, 1.54) is 18.4 Å². The number of hydrogen-bond acceptors (Lipinski definition) is 5. The van der Waals surface area contributed by atoms with Crippen LogP contribution in [-0.2, 0) is 14.3 Å². The van der Waals surface area contributed by atoms with Crippen molar-refractivity contribution in [3.63, 3.8) is 0 Å². The van der Waals surface area contributed by atoms with Crippen LogP contribution in [0.4, 0.5) is 5.13 Å². The molecule has 1 heterocycles. The third kappa shape index (κ3) is 3.65. The van der Waals surface area contributed by atoms with Gasteiger partial charge in [-0.15, -0.1) is 0 Å². The second-order valence-electron chi connectivity index (χ2n) is 3.76. The van der Waals surface area contributed by atoms with Crippen molar-refractivity contribution in [3.05, 3.63) is 23.2 Å². The highest BCUT2D eigenvalue weighted by molar-refractivity contribution is 7.22. The number of ether oxygens (including phenoxy) is 1. The number of thiazole rings is 1. The van der Waals surface area contributed by atoms with Gasteiger partial charge in [0.15, 0.2) is 5.13 Å². The lowest BCUT2D eigenvalue weighted by Gasteiger charge is -2.00. The molecule has 0 saturated carbocycles. The molecule has 0 bridgehead atoms. The first-order valence-electron chi connectivity index (χ1n) is 5.51. The van der Waals surface area contributed by atoms with Gasteiger partial charge in [-0.05, 0) is 18.2 Å². The van der Waals surface area contributed by atoms with Crippen LogP contribution in [0.1, 0.15) is 12.8 Å². The summed E-state index contributed by atoms with van der Waals surface area (Å²) in [5.74, 6) is -0.679. The number of halogens is 1. The summed E-state index contributed by atoms with van der Waals surface area (Å²) in [5, 5.41) is 3.77. The Balaban J connectivity index is 2.01. The van der Waals surface area contributed by atoms with E-state index >= 15 is 0 Å². The number of amides is 1. The maximum absolute atomic E-state index is 11.6. The van der Waals surface area contributed by atoms with Gasteiger partial charge in [0.2, 0.25) is 5.91 Å². The molecule has 2 aromatic rings. The molecule has 1 aromatic heterocycles. The molecule has 0 aliphatic carbocycles. The largest absolute Gasteiger partial charge is 0.469 e. The quantitative estimate of drug-likeness (QED) is 0.881. The Kier molecular flexibility index (Phi) is 4.34. The number of aromatic nitrogens is 1. The molecule has 0 radical (unpaired) electrons. The van der Waals surface area contributed by atoms with Gasteiger partial charge in [-0.25, -0.2) is 4.98 Å². The summed E-state index contributed by atoms with van der Waals surface area (Å²) in [6.07, 6.45) is 0.127. The third-order valence-corrected chi connectivity index (χ3v) is 3.55. The zero-order valence-electron chi connectivity index (χ0n) is 10.1. The predicted molar refractivity (Wildman–Crippen MR) is 74.5 cm³/mol. The molecular weight excluding hydrogens is 288 g/mol. The van der Waals surface area contributed by atoms with E-state index in [0.717, 1.165) is 10.2 Å². The molecular formula is C12H11ClN2O3S. The van der Waals surface area contributed by atoms with Crippen molar-refractivity contribution < 1.29 is 14.3 Å². The first-order valence-corrected chi connectivity index (χ1v) is 6.70. The topological polar surface area (TPSA) is 68.3 Å². The lowest BCUT2D eigenvalue weighted by molar-refractivity contribution is -0.141. The number of methoxy groups -OCH3 is 1. The highest BCUT2D eigenvalue weighted by Gasteiger charge is 2.10. The van der Waals surface area contributed by atoms with Crippen LogP contribution in [0.3, 0.4) is 0 Å². The van der Waals surface area contributed by atoms with Gasteiger partial charge in [-0.1, -0.05) is 22.9 Å². The van der Waals surface area contributed by atoms with Gasteiger partial charge in [0.05, 0.1) is 23.7 Å². The summed E-state index contributed by atoms with van der Waals surface area (Å²) in [6, 6.07) is 5.32. The molecule has 5 nitrogen and oxygen atoms in total. The highest BCUT2D eigenvalue weighted by Crippen LogP contribution is 2.28. The summed E-state index contributed by atoms with van der Waals surface area (Å²) in [7, 11) is 1.29. The minimum absolute atomic E-state index is 0.0546. The second-order valence-corrected chi connectivity index (χ2v) is 5.22. The van der Waals surface area contributed by atoms with Gasteiger partial charge in [0.25, 0.3) is 0 Å². The molecule has 0 fully saturated rings. The summed E-state index contributed by atoms with van der Waals surface area (Å²) in [6.45, 7) is 0. The number of nitrogens with one attached hydrogen (secondary N) is 1. The van der Waals surface area contributed by atoms with Gasteiger partial charge >= 0.3 is 5.97 Å². The van der Waals surface area contributed by atoms with E-state index in [4.69, 9.17) is 11.6 Å². The van der Waals surface area contributed by atoms with E-state index in [9.17, 15) is 9.59 Å². The monoisotopic (exact) mass is 298 g/mol. The van der Waals surface area contributed by atoms with Crippen molar-refractivity contribution in [2.45, 2.75) is 12.8 Å². The summed E-state index contributed by atoms with van der Waals surface area (Å²) in [4.78, 5) is 26.8. The minimum Gasteiger partial charge on any atom is -0.469 e. The first-order chi connectivity index (χ1) is 9.08. The van der Waals surface area contributed by atoms with Gasteiger partial charge in [0, 0.05) is 11.4 Å². The van der Waals surface area contributed by atoms with Crippen molar-refractivity contribution >= 4 is 50.2 Å². The fraction of sp³-hybridized carbons (Fsp3) is 0.250. The van der Waals surface area contributed by atoms with Crippen LogP contribution < -0.4 is 5.32 Å². The van der Waals surface area contributed by atoms with Gasteiger partial charge in [-0.2, -0.15) is 0 Å². The number of benzene rings is 1. The molecule has 100 valence electrons. The van der Waals surface area contributed by atoms with Gasteiger partial charge < -0.3 is 10.1 Å². The predicted octanol–water partition coefficient (Wildman–Crippen LogP) is 2.84. The Morgan fingerprint density at radius 3 is 2.95 bits per heavy atom. The fourth-order valence-corrected chi connectivity index (χ4v) is 2.61. The Labute approximate surface area is 118 Å². The SMILES string of the molecule is COC(=O)CCC(=O)Nc1nc2ccc(Cl)cc2s1. The Hall–Kier alpha value is -1.66. The Bertz CT molecular complexity index is 626. The molecule has 1 N–H and O–H groups in total. The smallest absolute Gasteiger partial charge is 0.306 e. The molecule has 2 rings (SSSR count). The fourth-order valence-electron chi connectivity index (χ4n) is 1.45. The van der Waals surface area contributed by atoms with E-state index in [2.05, 4.69) is 15.0 Å². The number of hydrogen-bond donors (Lipinski definition) is 1. The average molecular weight is 299 g/mol. The number of esters is 1. The number of rotatable bonds is 4. The molecule has 0 atom stereocenters. The van der Waals surface area contributed by atoms with Crippen LogP contribution in [0.2, 0.25) is 5.02 Å². The Morgan fingerprint density at radius 1 is 1.42 bits per heavy atom. The van der Waals surface area contributed by atoms with Crippen LogP contribution in [0, 0.1) is 0 Å². The molecule has 0 spiro atoms. The van der Waals surface area contributed by atoms with E-state index in [1.807, 2.05) is 0 Å². The minimum atomic E-state index is -0.411. The van der Waals surface area contributed by atoms with Gasteiger partial charge in [-0.3, -0.25) is 9.59 Å². The standard InChI is InChI=1S/C12H11ClN2O3S/c1-18-11(17)5-4-10(16)15-12-14-8-3-2-7(13)6-9(8)19-12/h2-3,6H,4-5H2,1H3,(H,14,15,16). The van der Waals surface area contributed by atoms with Crippen LogP contribution in [-0.4, -0.2) is 24.0 Å². The number of carbonyl (C=O) groups is 2. The zero-order valence-corrected chi connectivity index (χ0v) is 11.7. The van der Waals surface area contributed by atoms with E-state index in [-0.39, 0.29) is 18.7 Å². The number of carbonyl (C=O) groups excluding carboxylic acids is 2. The number of fused-ring (bicyclic) bond motifs is 1. The molecule has 19 heavy (non-hydrogen) atoms. The number of anilines is 1. The molecule has 0 aliphatic heterocycles. The van der Waals surface area contributed by atoms with Crippen molar-refractivity contribution in [1.29, 1.82) is 0 Å². The van der Waals surface area contributed by atoms with Crippen molar-refractivity contribution in [3.8, 4) is 0 Å². The maximum Gasteiger partial charge on any atom is 0.306 e. The molecule has 0 aliphatic rings. The molecule has 7 heteroatoms. The third-order valence-electron chi connectivity index (χ3n) is 2.38. The Morgan fingerprint density at radius 2 is 2.21 bits per heavy atom. The lowest BCUT2D eigenvalue weighted by Crippen LogP contribution is -2.13. The molecule has 0 unspecified atom stereocenters. The van der Waals surface area contributed by atoms with Crippen molar-refractivity contribution in [2.24, 2.45) is 0 Å². The lowest BCUT2D eigenvalue weighted by atomic mass is 10.3. The van der Waals surface area contributed by atoms with E-state index in [1.54, 1.807) is 18.2 Å². The van der Waals surface area contributed by atoms with Crippen LogP contribution >= 0.6 is 22.9 Å². The van der Waals surface area contributed by atoms with E-state index < -0.39 is 5.97 Å². The normalized spacial score (nSPS) is 10.4. The second kappa shape index (κ2) is 5.99.